The quantitative estimate of drug-likeness (QED) is 0.903. The van der Waals surface area contributed by atoms with Crippen molar-refractivity contribution in [2.45, 2.75) is 37.6 Å². The molecule has 1 aliphatic carbocycles. The first-order valence-corrected chi connectivity index (χ1v) is 7.46. The van der Waals surface area contributed by atoms with Crippen LogP contribution < -0.4 is 11.1 Å². The Hall–Kier alpha value is -2.01. The number of rotatable bonds is 3. The van der Waals surface area contributed by atoms with E-state index in [0.717, 1.165) is 36.7 Å². The third-order valence-electron chi connectivity index (χ3n) is 4.31. The zero-order valence-corrected chi connectivity index (χ0v) is 12.0. The molecule has 110 valence electrons. The monoisotopic (exact) mass is 284 g/mol. The zero-order valence-electron chi connectivity index (χ0n) is 12.0. The fourth-order valence-electron chi connectivity index (χ4n) is 3.03. The topological polar surface area (TPSA) is 80.9 Å². The first-order valence-electron chi connectivity index (χ1n) is 7.46. The SMILES string of the molecule is NCC1(NC(=O)c2ccc3nccnc3c2)CCCCC1. The number of nitrogens with two attached hydrogens (primary N) is 1. The van der Waals surface area contributed by atoms with Gasteiger partial charge in [0.1, 0.15) is 0 Å². The van der Waals surface area contributed by atoms with E-state index in [9.17, 15) is 4.79 Å². The highest BCUT2D eigenvalue weighted by atomic mass is 16.1. The Bertz CT molecular complexity index is 650. The smallest absolute Gasteiger partial charge is 0.251 e. The van der Waals surface area contributed by atoms with Crippen molar-refractivity contribution in [3.05, 3.63) is 36.2 Å². The number of nitrogens with zero attached hydrogens (tertiary/aromatic N) is 2. The molecule has 1 heterocycles. The maximum Gasteiger partial charge on any atom is 0.251 e. The molecule has 5 nitrogen and oxygen atoms in total. The molecular formula is C16H20N4O. The maximum atomic E-state index is 12.5. The summed E-state index contributed by atoms with van der Waals surface area (Å²) >= 11 is 0. The molecule has 0 spiro atoms. The van der Waals surface area contributed by atoms with Gasteiger partial charge in [-0.3, -0.25) is 14.8 Å². The maximum absolute atomic E-state index is 12.5. The largest absolute Gasteiger partial charge is 0.345 e. The average Bonchev–Trinajstić information content (AvgIpc) is 2.55. The lowest BCUT2D eigenvalue weighted by atomic mass is 9.81. The van der Waals surface area contributed by atoms with Crippen LogP contribution in [0, 0.1) is 0 Å². The molecule has 0 saturated heterocycles. The van der Waals surface area contributed by atoms with Crippen molar-refractivity contribution in [3.63, 3.8) is 0 Å². The predicted molar refractivity (Wildman–Crippen MR) is 81.9 cm³/mol. The number of carbonyl (C=O) groups is 1. The van der Waals surface area contributed by atoms with Crippen LogP contribution in [0.2, 0.25) is 0 Å². The van der Waals surface area contributed by atoms with E-state index in [1.807, 2.05) is 6.07 Å². The van der Waals surface area contributed by atoms with Gasteiger partial charge in [-0.05, 0) is 31.0 Å². The van der Waals surface area contributed by atoms with Gasteiger partial charge in [-0.15, -0.1) is 0 Å². The second-order valence-electron chi connectivity index (χ2n) is 5.76. The van der Waals surface area contributed by atoms with E-state index in [1.54, 1.807) is 24.5 Å². The molecule has 1 aromatic carbocycles. The highest BCUT2D eigenvalue weighted by Gasteiger charge is 2.32. The molecule has 3 N–H and O–H groups in total. The van der Waals surface area contributed by atoms with E-state index in [-0.39, 0.29) is 11.4 Å². The van der Waals surface area contributed by atoms with Gasteiger partial charge in [0.2, 0.25) is 0 Å². The number of fused-ring (bicyclic) bond motifs is 1. The third-order valence-corrected chi connectivity index (χ3v) is 4.31. The van der Waals surface area contributed by atoms with Crippen molar-refractivity contribution >= 4 is 16.9 Å². The van der Waals surface area contributed by atoms with Crippen LogP contribution in [0.4, 0.5) is 0 Å². The van der Waals surface area contributed by atoms with Crippen molar-refractivity contribution in [3.8, 4) is 0 Å². The van der Waals surface area contributed by atoms with Crippen LogP contribution in [0.25, 0.3) is 11.0 Å². The molecule has 0 atom stereocenters. The van der Waals surface area contributed by atoms with Gasteiger partial charge < -0.3 is 11.1 Å². The minimum Gasteiger partial charge on any atom is -0.345 e. The Kier molecular flexibility index (Phi) is 3.84. The molecule has 2 aromatic rings. The van der Waals surface area contributed by atoms with Crippen molar-refractivity contribution in [2.75, 3.05) is 6.54 Å². The lowest BCUT2D eigenvalue weighted by Gasteiger charge is -2.37. The van der Waals surface area contributed by atoms with Crippen LogP contribution in [0.5, 0.6) is 0 Å². The number of nitrogens with one attached hydrogen (secondary N) is 1. The summed E-state index contributed by atoms with van der Waals surface area (Å²) in [6, 6.07) is 5.40. The number of benzene rings is 1. The van der Waals surface area contributed by atoms with Gasteiger partial charge in [0.05, 0.1) is 16.6 Å². The Morgan fingerprint density at radius 1 is 1.14 bits per heavy atom. The second kappa shape index (κ2) is 5.77. The predicted octanol–water partition coefficient (Wildman–Crippen LogP) is 2.02. The zero-order chi connectivity index (χ0) is 14.7. The van der Waals surface area contributed by atoms with Crippen LogP contribution >= 0.6 is 0 Å². The van der Waals surface area contributed by atoms with E-state index in [4.69, 9.17) is 5.73 Å². The summed E-state index contributed by atoms with van der Waals surface area (Å²) in [4.78, 5) is 21.0. The van der Waals surface area contributed by atoms with Gasteiger partial charge in [0, 0.05) is 24.5 Å². The molecule has 0 radical (unpaired) electrons. The number of hydrogen-bond acceptors (Lipinski definition) is 4. The lowest BCUT2D eigenvalue weighted by molar-refractivity contribution is 0.0874. The molecule has 0 aliphatic heterocycles. The van der Waals surface area contributed by atoms with Crippen LogP contribution in [0.1, 0.15) is 42.5 Å². The van der Waals surface area contributed by atoms with Crippen LogP contribution in [0.15, 0.2) is 30.6 Å². The molecule has 5 heteroatoms. The summed E-state index contributed by atoms with van der Waals surface area (Å²) in [6.45, 7) is 0.492. The Labute approximate surface area is 124 Å². The summed E-state index contributed by atoms with van der Waals surface area (Å²) in [5.41, 5.74) is 7.81. The number of amides is 1. The molecule has 0 bridgehead atoms. The first-order chi connectivity index (χ1) is 10.2. The lowest BCUT2D eigenvalue weighted by Crippen LogP contribution is -2.54. The molecule has 1 saturated carbocycles. The van der Waals surface area contributed by atoms with E-state index >= 15 is 0 Å². The van der Waals surface area contributed by atoms with Crippen molar-refractivity contribution in [1.29, 1.82) is 0 Å². The fraction of sp³-hybridized carbons (Fsp3) is 0.438. The Balaban J connectivity index is 1.82. The van der Waals surface area contributed by atoms with Crippen molar-refractivity contribution in [2.24, 2.45) is 5.73 Å². The molecule has 0 unspecified atom stereocenters. The highest BCUT2D eigenvalue weighted by molar-refractivity contribution is 5.97. The van der Waals surface area contributed by atoms with Gasteiger partial charge in [-0.1, -0.05) is 19.3 Å². The van der Waals surface area contributed by atoms with E-state index in [0.29, 0.717) is 12.1 Å². The molecule has 1 aliphatic rings. The number of carbonyl (C=O) groups excluding carboxylic acids is 1. The second-order valence-corrected chi connectivity index (χ2v) is 5.76. The van der Waals surface area contributed by atoms with E-state index in [2.05, 4.69) is 15.3 Å². The van der Waals surface area contributed by atoms with Gasteiger partial charge in [-0.25, -0.2) is 0 Å². The molecule has 21 heavy (non-hydrogen) atoms. The van der Waals surface area contributed by atoms with Gasteiger partial charge >= 0.3 is 0 Å². The first kappa shape index (κ1) is 13.9. The number of aromatic nitrogens is 2. The molecule has 1 amide bonds. The fourth-order valence-corrected chi connectivity index (χ4v) is 3.03. The van der Waals surface area contributed by atoms with Crippen molar-refractivity contribution < 1.29 is 4.79 Å². The summed E-state index contributed by atoms with van der Waals surface area (Å²) in [5.74, 6) is -0.0742. The minimum atomic E-state index is -0.243. The Morgan fingerprint density at radius 3 is 2.57 bits per heavy atom. The average molecular weight is 284 g/mol. The van der Waals surface area contributed by atoms with Crippen LogP contribution in [-0.2, 0) is 0 Å². The Morgan fingerprint density at radius 2 is 1.86 bits per heavy atom. The molecule has 1 fully saturated rings. The van der Waals surface area contributed by atoms with Crippen LogP contribution in [-0.4, -0.2) is 28.0 Å². The standard InChI is InChI=1S/C16H20N4O/c17-11-16(6-2-1-3-7-16)20-15(21)12-4-5-13-14(10-12)19-9-8-18-13/h4-5,8-10H,1-3,6-7,11,17H2,(H,20,21). The highest BCUT2D eigenvalue weighted by Crippen LogP contribution is 2.27. The summed E-state index contributed by atoms with van der Waals surface area (Å²) in [7, 11) is 0. The van der Waals surface area contributed by atoms with E-state index in [1.165, 1.54) is 6.42 Å². The molecular weight excluding hydrogens is 264 g/mol. The minimum absolute atomic E-state index is 0.0742. The number of hydrogen-bond donors (Lipinski definition) is 2. The van der Waals surface area contributed by atoms with Gasteiger partial charge in [0.25, 0.3) is 5.91 Å². The third kappa shape index (κ3) is 2.88. The summed E-state index contributed by atoms with van der Waals surface area (Å²) < 4.78 is 0. The normalized spacial score (nSPS) is 17.6. The van der Waals surface area contributed by atoms with Gasteiger partial charge in [-0.2, -0.15) is 0 Å². The summed E-state index contributed by atoms with van der Waals surface area (Å²) in [6.07, 6.45) is 8.68. The van der Waals surface area contributed by atoms with Crippen molar-refractivity contribution in [1.82, 2.24) is 15.3 Å². The molecule has 1 aromatic heterocycles. The van der Waals surface area contributed by atoms with Crippen LogP contribution in [0.3, 0.4) is 0 Å². The van der Waals surface area contributed by atoms with Gasteiger partial charge in [0.15, 0.2) is 0 Å². The molecule has 3 rings (SSSR count). The summed E-state index contributed by atoms with van der Waals surface area (Å²) in [5, 5.41) is 3.15. The van der Waals surface area contributed by atoms with E-state index < -0.39 is 0 Å².